The zero-order chi connectivity index (χ0) is 11.1. The second-order valence-corrected chi connectivity index (χ2v) is 5.78. The third-order valence-electron chi connectivity index (χ3n) is 2.94. The Morgan fingerprint density at radius 1 is 1.33 bits per heavy atom. The summed E-state index contributed by atoms with van der Waals surface area (Å²) in [7, 11) is -3.42. The Morgan fingerprint density at radius 2 is 2.07 bits per heavy atom. The number of hydrogen-bond acceptors (Lipinski definition) is 3. The average Bonchev–Trinajstić information content (AvgIpc) is 2.16. The minimum Gasteiger partial charge on any atom is -0.398 e. The fraction of sp³-hybridized carbons (Fsp3) is 0.400. The molecule has 0 bridgehead atoms. The molecule has 1 aliphatic carbocycles. The lowest BCUT2D eigenvalue weighted by atomic mass is 9.90. The molecule has 0 radical (unpaired) electrons. The van der Waals surface area contributed by atoms with Gasteiger partial charge in [-0.2, -0.15) is 0 Å². The van der Waals surface area contributed by atoms with E-state index < -0.39 is 15.3 Å². The van der Waals surface area contributed by atoms with Crippen molar-refractivity contribution in [3.63, 3.8) is 0 Å². The van der Waals surface area contributed by atoms with E-state index in [1.165, 1.54) is 0 Å². The number of nitrogens with two attached hydrogens (primary N) is 2. The summed E-state index contributed by atoms with van der Waals surface area (Å²) in [5.74, 6) is 0. The Hall–Kier alpha value is -1.07. The summed E-state index contributed by atoms with van der Waals surface area (Å²) in [4.78, 5) is 0. The number of rotatable bonds is 1. The zero-order valence-corrected chi connectivity index (χ0v) is 9.13. The van der Waals surface area contributed by atoms with Crippen molar-refractivity contribution in [2.75, 3.05) is 5.73 Å². The first-order chi connectivity index (χ1) is 6.98. The first-order valence-corrected chi connectivity index (χ1v) is 6.47. The van der Waals surface area contributed by atoms with Crippen LogP contribution in [0.2, 0.25) is 0 Å². The van der Waals surface area contributed by atoms with Gasteiger partial charge in [-0.3, -0.25) is 0 Å². The third kappa shape index (κ3) is 1.98. The van der Waals surface area contributed by atoms with E-state index in [-0.39, 0.29) is 0 Å². The smallest absolute Gasteiger partial charge is 0.212 e. The van der Waals surface area contributed by atoms with Crippen LogP contribution < -0.4 is 10.9 Å². The number of sulfonamides is 1. The van der Waals surface area contributed by atoms with Crippen LogP contribution in [0.3, 0.4) is 0 Å². The van der Waals surface area contributed by atoms with Crippen molar-refractivity contribution in [3.05, 3.63) is 29.3 Å². The molecule has 1 aliphatic rings. The Balaban J connectivity index is 2.36. The van der Waals surface area contributed by atoms with E-state index in [0.717, 1.165) is 16.8 Å². The Labute approximate surface area is 89.3 Å². The highest BCUT2D eigenvalue weighted by atomic mass is 32.2. The summed E-state index contributed by atoms with van der Waals surface area (Å²) in [5, 5.41) is 4.69. The maximum Gasteiger partial charge on any atom is 0.212 e. The SMILES string of the molecule is Nc1cccc2c1CCC(S(N)(=O)=O)C2. The molecule has 1 unspecified atom stereocenters. The van der Waals surface area contributed by atoms with Gasteiger partial charge >= 0.3 is 0 Å². The van der Waals surface area contributed by atoms with Crippen LogP contribution in [0.1, 0.15) is 17.5 Å². The minimum absolute atomic E-state index is 0.452. The van der Waals surface area contributed by atoms with E-state index in [4.69, 9.17) is 10.9 Å². The van der Waals surface area contributed by atoms with E-state index >= 15 is 0 Å². The van der Waals surface area contributed by atoms with Gasteiger partial charge < -0.3 is 5.73 Å². The molecule has 82 valence electrons. The summed E-state index contributed by atoms with van der Waals surface area (Å²) >= 11 is 0. The fourth-order valence-corrected chi connectivity index (χ4v) is 2.94. The van der Waals surface area contributed by atoms with Crippen LogP contribution in [0.15, 0.2) is 18.2 Å². The van der Waals surface area contributed by atoms with Crippen LogP contribution in [-0.2, 0) is 22.9 Å². The normalized spacial score (nSPS) is 21.0. The maximum absolute atomic E-state index is 11.2. The fourth-order valence-electron chi connectivity index (χ4n) is 2.08. The van der Waals surface area contributed by atoms with Gasteiger partial charge in [-0.25, -0.2) is 13.6 Å². The van der Waals surface area contributed by atoms with Gasteiger partial charge in [0.15, 0.2) is 0 Å². The van der Waals surface area contributed by atoms with Crippen molar-refractivity contribution in [1.82, 2.24) is 0 Å². The average molecular weight is 226 g/mol. The summed E-state index contributed by atoms with van der Waals surface area (Å²) in [6, 6.07) is 5.61. The predicted octanol–water partition coefficient (Wildman–Crippen LogP) is 0.415. The summed E-state index contributed by atoms with van der Waals surface area (Å²) in [6.07, 6.45) is 1.75. The Morgan fingerprint density at radius 3 is 2.73 bits per heavy atom. The number of fused-ring (bicyclic) bond motifs is 1. The molecule has 0 aromatic heterocycles. The summed E-state index contributed by atoms with van der Waals surface area (Å²) in [5.41, 5.74) is 8.66. The number of anilines is 1. The number of nitrogen functional groups attached to an aromatic ring is 1. The predicted molar refractivity (Wildman–Crippen MR) is 59.8 cm³/mol. The molecule has 0 saturated carbocycles. The molecule has 15 heavy (non-hydrogen) atoms. The molecular weight excluding hydrogens is 212 g/mol. The van der Waals surface area contributed by atoms with Gasteiger partial charge in [0, 0.05) is 5.69 Å². The van der Waals surface area contributed by atoms with Gasteiger partial charge in [-0.15, -0.1) is 0 Å². The number of hydrogen-bond donors (Lipinski definition) is 2. The van der Waals surface area contributed by atoms with Crippen molar-refractivity contribution < 1.29 is 8.42 Å². The first kappa shape index (κ1) is 10.4. The molecule has 0 heterocycles. The van der Waals surface area contributed by atoms with Crippen LogP contribution in [0, 0.1) is 0 Å². The van der Waals surface area contributed by atoms with Crippen LogP contribution in [0.5, 0.6) is 0 Å². The van der Waals surface area contributed by atoms with Crippen LogP contribution in [0.25, 0.3) is 0 Å². The number of primary sulfonamides is 1. The van der Waals surface area contributed by atoms with E-state index in [2.05, 4.69) is 0 Å². The molecule has 0 saturated heterocycles. The molecule has 1 atom stereocenters. The minimum atomic E-state index is -3.42. The lowest BCUT2D eigenvalue weighted by Gasteiger charge is -2.23. The van der Waals surface area contributed by atoms with E-state index in [1.54, 1.807) is 0 Å². The summed E-state index contributed by atoms with van der Waals surface area (Å²) in [6.45, 7) is 0. The lowest BCUT2D eigenvalue weighted by molar-refractivity contribution is 0.563. The topological polar surface area (TPSA) is 86.2 Å². The van der Waals surface area contributed by atoms with Crippen molar-refractivity contribution in [1.29, 1.82) is 0 Å². The van der Waals surface area contributed by atoms with Crippen molar-refractivity contribution in [2.24, 2.45) is 5.14 Å². The van der Waals surface area contributed by atoms with Crippen LogP contribution in [-0.4, -0.2) is 13.7 Å². The quantitative estimate of drug-likeness (QED) is 0.680. The molecule has 4 nitrogen and oxygen atoms in total. The van der Waals surface area contributed by atoms with E-state index in [0.29, 0.717) is 19.3 Å². The molecule has 0 spiro atoms. The molecule has 5 heteroatoms. The van der Waals surface area contributed by atoms with Gasteiger partial charge in [-0.05, 0) is 36.5 Å². The molecular formula is C10H14N2O2S. The molecule has 1 aromatic rings. The first-order valence-electron chi connectivity index (χ1n) is 4.86. The zero-order valence-electron chi connectivity index (χ0n) is 8.31. The highest BCUT2D eigenvalue weighted by Gasteiger charge is 2.27. The second-order valence-electron chi connectivity index (χ2n) is 3.94. The van der Waals surface area contributed by atoms with Crippen molar-refractivity contribution in [3.8, 4) is 0 Å². The standard InChI is InChI=1S/C10H14N2O2S/c11-10-3-1-2-7-6-8(15(12,13)14)4-5-9(7)10/h1-3,8H,4-6,11H2,(H2,12,13,14). The molecule has 0 aliphatic heterocycles. The monoisotopic (exact) mass is 226 g/mol. The molecule has 0 fully saturated rings. The van der Waals surface area contributed by atoms with E-state index in [9.17, 15) is 8.42 Å². The summed E-state index contributed by atoms with van der Waals surface area (Å²) < 4.78 is 22.5. The highest BCUT2D eigenvalue weighted by molar-refractivity contribution is 7.89. The van der Waals surface area contributed by atoms with Gasteiger partial charge in [0.1, 0.15) is 0 Å². The van der Waals surface area contributed by atoms with Crippen LogP contribution in [0.4, 0.5) is 5.69 Å². The third-order valence-corrected chi connectivity index (χ3v) is 4.27. The molecule has 0 amide bonds. The highest BCUT2D eigenvalue weighted by Crippen LogP contribution is 2.28. The molecule has 2 rings (SSSR count). The van der Waals surface area contributed by atoms with Gasteiger partial charge in [0.05, 0.1) is 5.25 Å². The van der Waals surface area contributed by atoms with Gasteiger partial charge in [0.25, 0.3) is 0 Å². The molecule has 1 aromatic carbocycles. The second kappa shape index (κ2) is 3.50. The van der Waals surface area contributed by atoms with E-state index in [1.807, 2.05) is 18.2 Å². The number of benzene rings is 1. The molecule has 4 N–H and O–H groups in total. The van der Waals surface area contributed by atoms with Crippen molar-refractivity contribution >= 4 is 15.7 Å². The van der Waals surface area contributed by atoms with Crippen LogP contribution >= 0.6 is 0 Å². The van der Waals surface area contributed by atoms with Gasteiger partial charge in [-0.1, -0.05) is 12.1 Å². The van der Waals surface area contributed by atoms with Crippen molar-refractivity contribution in [2.45, 2.75) is 24.5 Å². The Kier molecular flexibility index (Phi) is 2.44. The maximum atomic E-state index is 11.2. The Bertz CT molecular complexity index is 482. The van der Waals surface area contributed by atoms with Gasteiger partial charge in [0.2, 0.25) is 10.0 Å². The largest absolute Gasteiger partial charge is 0.398 e. The lowest BCUT2D eigenvalue weighted by Crippen LogP contribution is -2.33.